The highest BCUT2D eigenvalue weighted by Crippen LogP contribution is 2.23. The summed E-state index contributed by atoms with van der Waals surface area (Å²) < 4.78 is 53.5. The number of nitrogens with zero attached hydrogens (tertiary/aromatic N) is 1. The molecule has 0 spiro atoms. The van der Waals surface area contributed by atoms with E-state index in [0.29, 0.717) is 5.56 Å². The molecular formula is C13H13F2N3O2S. The molecule has 0 saturated carbocycles. The second kappa shape index (κ2) is 5.74. The first-order valence-corrected chi connectivity index (χ1v) is 7.46. The lowest BCUT2D eigenvalue weighted by atomic mass is 10.2. The minimum atomic E-state index is -4.26. The lowest BCUT2D eigenvalue weighted by molar-refractivity contribution is 0.482. The molecule has 0 aliphatic carbocycles. The molecule has 0 aliphatic rings. The number of hydrogen-bond acceptors (Lipinski definition) is 4. The number of benzene rings is 1. The monoisotopic (exact) mass is 313 g/mol. The number of rotatable bonds is 4. The van der Waals surface area contributed by atoms with E-state index in [0.717, 1.165) is 12.1 Å². The maximum absolute atomic E-state index is 13.7. The van der Waals surface area contributed by atoms with Crippen LogP contribution in [0.2, 0.25) is 0 Å². The van der Waals surface area contributed by atoms with Crippen LogP contribution in [0.5, 0.6) is 0 Å². The van der Waals surface area contributed by atoms with Crippen molar-refractivity contribution < 1.29 is 17.2 Å². The van der Waals surface area contributed by atoms with E-state index in [-0.39, 0.29) is 5.69 Å². The Kier molecular flexibility index (Phi) is 4.19. The van der Waals surface area contributed by atoms with Gasteiger partial charge in [-0.25, -0.2) is 21.9 Å². The van der Waals surface area contributed by atoms with Gasteiger partial charge in [-0.3, -0.25) is 4.98 Å². The van der Waals surface area contributed by atoms with Gasteiger partial charge in [0, 0.05) is 24.1 Å². The van der Waals surface area contributed by atoms with E-state index in [2.05, 4.69) is 9.71 Å². The average molecular weight is 313 g/mol. The quantitative estimate of drug-likeness (QED) is 0.845. The summed E-state index contributed by atoms with van der Waals surface area (Å²) >= 11 is 0. The summed E-state index contributed by atoms with van der Waals surface area (Å²) in [6.07, 6.45) is 3.02. The second-order valence-corrected chi connectivity index (χ2v) is 6.13. The van der Waals surface area contributed by atoms with Crippen molar-refractivity contribution in [2.24, 2.45) is 0 Å². The third-order valence-corrected chi connectivity index (χ3v) is 4.36. The zero-order chi connectivity index (χ0) is 15.6. The summed E-state index contributed by atoms with van der Waals surface area (Å²) in [7, 11) is -4.26. The van der Waals surface area contributed by atoms with E-state index >= 15 is 0 Å². The largest absolute Gasteiger partial charge is 0.399 e. The molecule has 0 fully saturated rings. The summed E-state index contributed by atoms with van der Waals surface area (Å²) in [4.78, 5) is 3.04. The maximum Gasteiger partial charge on any atom is 0.244 e. The molecule has 0 aliphatic heterocycles. The highest BCUT2D eigenvalue weighted by Gasteiger charge is 2.24. The first-order chi connectivity index (χ1) is 9.81. The van der Waals surface area contributed by atoms with Crippen molar-refractivity contribution in [2.75, 3.05) is 5.73 Å². The summed E-state index contributed by atoms with van der Waals surface area (Å²) in [5.41, 5.74) is 5.77. The van der Waals surface area contributed by atoms with Gasteiger partial charge in [0.05, 0.1) is 0 Å². The Hall–Kier alpha value is -2.06. The minimum Gasteiger partial charge on any atom is -0.399 e. The molecule has 1 atom stereocenters. The van der Waals surface area contributed by atoms with Crippen molar-refractivity contribution in [1.29, 1.82) is 0 Å². The average Bonchev–Trinajstić information content (AvgIpc) is 2.43. The van der Waals surface area contributed by atoms with E-state index in [1.54, 1.807) is 19.1 Å². The van der Waals surface area contributed by atoms with Crippen LogP contribution >= 0.6 is 0 Å². The zero-order valence-electron chi connectivity index (χ0n) is 11.0. The van der Waals surface area contributed by atoms with Crippen LogP contribution in [0.1, 0.15) is 18.5 Å². The predicted molar refractivity (Wildman–Crippen MR) is 73.7 cm³/mol. The van der Waals surface area contributed by atoms with Crippen LogP contribution in [-0.2, 0) is 10.0 Å². The van der Waals surface area contributed by atoms with Gasteiger partial charge in [0.1, 0.15) is 4.90 Å². The Labute approximate surface area is 120 Å². The van der Waals surface area contributed by atoms with Crippen LogP contribution in [0.15, 0.2) is 41.6 Å². The number of hydrogen-bond donors (Lipinski definition) is 2. The van der Waals surface area contributed by atoms with Gasteiger partial charge < -0.3 is 5.73 Å². The van der Waals surface area contributed by atoms with Crippen molar-refractivity contribution in [3.05, 3.63) is 53.9 Å². The molecule has 0 bridgehead atoms. The Balaban J connectivity index is 2.35. The lowest BCUT2D eigenvalue weighted by Gasteiger charge is -2.15. The van der Waals surface area contributed by atoms with E-state index in [1.165, 1.54) is 12.4 Å². The van der Waals surface area contributed by atoms with Gasteiger partial charge >= 0.3 is 0 Å². The Morgan fingerprint density at radius 1 is 1.33 bits per heavy atom. The van der Waals surface area contributed by atoms with E-state index in [1.807, 2.05) is 0 Å². The summed E-state index contributed by atoms with van der Waals surface area (Å²) in [5.74, 6) is -2.78. The SMILES string of the molecule is CC(NS(=O)(=O)c1cc(N)cc(F)c1F)c1cccnc1. The third kappa shape index (κ3) is 3.34. The lowest BCUT2D eigenvalue weighted by Crippen LogP contribution is -2.28. The molecular weight excluding hydrogens is 300 g/mol. The zero-order valence-corrected chi connectivity index (χ0v) is 11.9. The molecule has 1 heterocycles. The molecule has 21 heavy (non-hydrogen) atoms. The fraction of sp³-hybridized carbons (Fsp3) is 0.154. The van der Waals surface area contributed by atoms with Crippen molar-refractivity contribution >= 4 is 15.7 Å². The number of pyridine rings is 1. The Morgan fingerprint density at radius 2 is 2.05 bits per heavy atom. The molecule has 3 N–H and O–H groups in total. The fourth-order valence-electron chi connectivity index (χ4n) is 1.78. The normalized spacial score (nSPS) is 13.1. The van der Waals surface area contributed by atoms with Crippen molar-refractivity contribution in [1.82, 2.24) is 9.71 Å². The van der Waals surface area contributed by atoms with Crippen LogP contribution in [0, 0.1) is 11.6 Å². The van der Waals surface area contributed by atoms with Crippen LogP contribution in [0.3, 0.4) is 0 Å². The van der Waals surface area contributed by atoms with Crippen molar-refractivity contribution in [3.63, 3.8) is 0 Å². The Bertz CT molecular complexity index is 752. The molecule has 1 aromatic heterocycles. The van der Waals surface area contributed by atoms with Gasteiger partial charge in [-0.05, 0) is 30.7 Å². The number of sulfonamides is 1. The number of nitrogens with two attached hydrogens (primary N) is 1. The van der Waals surface area contributed by atoms with Gasteiger partial charge in [0.15, 0.2) is 11.6 Å². The first-order valence-electron chi connectivity index (χ1n) is 5.98. The van der Waals surface area contributed by atoms with Crippen LogP contribution in [0.4, 0.5) is 14.5 Å². The molecule has 1 unspecified atom stereocenters. The van der Waals surface area contributed by atoms with Gasteiger partial charge in [0.2, 0.25) is 10.0 Å². The third-order valence-electron chi connectivity index (χ3n) is 2.82. The second-order valence-electron chi connectivity index (χ2n) is 4.44. The molecule has 8 heteroatoms. The number of nitrogens with one attached hydrogen (secondary N) is 1. The summed E-state index contributed by atoms with van der Waals surface area (Å²) in [6, 6.07) is 4.24. The fourth-order valence-corrected chi connectivity index (χ4v) is 3.13. The number of anilines is 1. The molecule has 112 valence electrons. The van der Waals surface area contributed by atoms with Gasteiger partial charge in [-0.15, -0.1) is 0 Å². The molecule has 2 rings (SSSR count). The van der Waals surface area contributed by atoms with Crippen LogP contribution in [-0.4, -0.2) is 13.4 Å². The van der Waals surface area contributed by atoms with Gasteiger partial charge in [-0.1, -0.05) is 6.07 Å². The standard InChI is InChI=1S/C13H13F2N3O2S/c1-8(9-3-2-4-17-7-9)18-21(19,20)12-6-10(16)5-11(14)13(12)15/h2-8,18H,16H2,1H3. The predicted octanol–water partition coefficient (Wildman–Crippen LogP) is 1.98. The molecule has 1 aromatic carbocycles. The number of nitrogen functional groups attached to an aromatic ring is 1. The van der Waals surface area contributed by atoms with E-state index < -0.39 is 32.6 Å². The van der Waals surface area contributed by atoms with E-state index in [9.17, 15) is 17.2 Å². The van der Waals surface area contributed by atoms with Crippen LogP contribution in [0.25, 0.3) is 0 Å². The highest BCUT2D eigenvalue weighted by atomic mass is 32.2. The molecule has 5 nitrogen and oxygen atoms in total. The molecule has 0 radical (unpaired) electrons. The summed E-state index contributed by atoms with van der Waals surface area (Å²) in [5, 5.41) is 0. The van der Waals surface area contributed by atoms with Gasteiger partial charge in [-0.2, -0.15) is 0 Å². The topological polar surface area (TPSA) is 85.1 Å². The van der Waals surface area contributed by atoms with Crippen molar-refractivity contribution in [3.8, 4) is 0 Å². The Morgan fingerprint density at radius 3 is 2.67 bits per heavy atom. The van der Waals surface area contributed by atoms with Crippen molar-refractivity contribution in [2.45, 2.75) is 17.9 Å². The number of aromatic nitrogens is 1. The first kappa shape index (κ1) is 15.3. The summed E-state index contributed by atoms with van der Waals surface area (Å²) in [6.45, 7) is 1.56. The maximum atomic E-state index is 13.7. The van der Waals surface area contributed by atoms with Crippen LogP contribution < -0.4 is 10.5 Å². The molecule has 0 amide bonds. The minimum absolute atomic E-state index is 0.177. The van der Waals surface area contributed by atoms with E-state index in [4.69, 9.17) is 5.73 Å². The highest BCUT2D eigenvalue weighted by molar-refractivity contribution is 7.89. The molecule has 0 saturated heterocycles. The number of halogens is 2. The smallest absolute Gasteiger partial charge is 0.244 e. The van der Waals surface area contributed by atoms with Gasteiger partial charge in [0.25, 0.3) is 0 Å². The molecule has 2 aromatic rings.